The second-order valence-corrected chi connectivity index (χ2v) is 5.00. The largest absolute Gasteiger partial charge is 0.369 e. The van der Waals surface area contributed by atoms with Crippen molar-refractivity contribution >= 4 is 17.4 Å². The highest BCUT2D eigenvalue weighted by Gasteiger charge is 2.13. The van der Waals surface area contributed by atoms with Crippen LogP contribution in [0.5, 0.6) is 0 Å². The first kappa shape index (κ1) is 12.2. The van der Waals surface area contributed by atoms with Crippen LogP contribution in [0.3, 0.4) is 0 Å². The van der Waals surface area contributed by atoms with E-state index in [0.717, 1.165) is 24.6 Å². The molecule has 0 radical (unpaired) electrons. The van der Waals surface area contributed by atoms with E-state index in [0.29, 0.717) is 5.95 Å². The van der Waals surface area contributed by atoms with Gasteiger partial charge < -0.3 is 15.5 Å². The van der Waals surface area contributed by atoms with E-state index in [9.17, 15) is 0 Å². The maximum absolute atomic E-state index is 5.89. The molecule has 7 heteroatoms. The highest BCUT2D eigenvalue weighted by Crippen LogP contribution is 2.15. The van der Waals surface area contributed by atoms with E-state index in [1.165, 1.54) is 25.9 Å². The van der Waals surface area contributed by atoms with Crippen molar-refractivity contribution in [1.29, 1.82) is 0 Å². The van der Waals surface area contributed by atoms with Crippen LogP contribution < -0.4 is 10.6 Å². The van der Waals surface area contributed by atoms with E-state index in [1.54, 1.807) is 10.7 Å². The summed E-state index contributed by atoms with van der Waals surface area (Å²) in [4.78, 5) is 8.98. The fourth-order valence-electron chi connectivity index (χ4n) is 2.45. The van der Waals surface area contributed by atoms with Gasteiger partial charge in [-0.2, -0.15) is 4.98 Å². The lowest BCUT2D eigenvalue weighted by Gasteiger charge is -2.22. The fourth-order valence-corrected chi connectivity index (χ4v) is 2.45. The SMILES string of the molecule is CN(CCN1CCCC1)c1cc2nncn2c(N)n1. The first-order chi connectivity index (χ1) is 9.24. The molecule has 0 amide bonds. The van der Waals surface area contributed by atoms with Gasteiger partial charge in [0.05, 0.1) is 0 Å². The number of hydrogen-bond donors (Lipinski definition) is 1. The number of nitrogens with zero attached hydrogens (tertiary/aromatic N) is 6. The Balaban J connectivity index is 1.71. The maximum Gasteiger partial charge on any atom is 0.209 e. The molecular weight excluding hydrogens is 242 g/mol. The molecule has 7 nitrogen and oxygen atoms in total. The van der Waals surface area contributed by atoms with Gasteiger partial charge in [-0.25, -0.2) is 0 Å². The molecule has 19 heavy (non-hydrogen) atoms. The molecule has 1 aliphatic heterocycles. The molecule has 0 spiro atoms. The Morgan fingerprint density at radius 1 is 1.37 bits per heavy atom. The number of anilines is 2. The second-order valence-electron chi connectivity index (χ2n) is 5.00. The van der Waals surface area contributed by atoms with E-state index < -0.39 is 0 Å². The van der Waals surface area contributed by atoms with Crippen molar-refractivity contribution in [2.75, 3.05) is 43.9 Å². The van der Waals surface area contributed by atoms with Crippen molar-refractivity contribution in [1.82, 2.24) is 24.5 Å². The standard InChI is InChI=1S/C12H19N7/c1-17(6-7-18-4-2-3-5-18)10-8-11-16-14-9-19(11)12(13)15-10/h8-9H,2-7H2,1H3,(H2,13,15). The molecule has 0 atom stereocenters. The average Bonchev–Trinajstić information content (AvgIpc) is 3.06. The first-order valence-electron chi connectivity index (χ1n) is 6.64. The van der Waals surface area contributed by atoms with Gasteiger partial charge in [-0.15, -0.1) is 10.2 Å². The Morgan fingerprint density at radius 3 is 2.95 bits per heavy atom. The number of fused-ring (bicyclic) bond motifs is 1. The van der Waals surface area contributed by atoms with Crippen LogP contribution in [0.15, 0.2) is 12.4 Å². The lowest BCUT2D eigenvalue weighted by atomic mass is 10.4. The summed E-state index contributed by atoms with van der Waals surface area (Å²) in [6, 6.07) is 1.91. The lowest BCUT2D eigenvalue weighted by Crippen LogP contribution is -2.32. The summed E-state index contributed by atoms with van der Waals surface area (Å²) in [5.74, 6) is 1.27. The number of nitrogens with two attached hydrogens (primary N) is 1. The van der Waals surface area contributed by atoms with Crippen molar-refractivity contribution in [3.8, 4) is 0 Å². The molecular formula is C12H19N7. The van der Waals surface area contributed by atoms with Crippen LogP contribution in [0.2, 0.25) is 0 Å². The molecule has 1 aliphatic rings. The van der Waals surface area contributed by atoms with E-state index in [-0.39, 0.29) is 0 Å². The maximum atomic E-state index is 5.89. The normalized spacial score (nSPS) is 16.3. The molecule has 0 aliphatic carbocycles. The molecule has 1 fully saturated rings. The molecule has 3 rings (SSSR count). The Kier molecular flexibility index (Phi) is 3.20. The minimum Gasteiger partial charge on any atom is -0.369 e. The fraction of sp³-hybridized carbons (Fsp3) is 0.583. The Hall–Kier alpha value is -1.89. The van der Waals surface area contributed by atoms with Gasteiger partial charge in [0, 0.05) is 26.2 Å². The lowest BCUT2D eigenvalue weighted by molar-refractivity contribution is 0.346. The van der Waals surface area contributed by atoms with E-state index in [1.807, 2.05) is 13.1 Å². The minimum absolute atomic E-state index is 0.422. The Labute approximate surface area is 112 Å². The number of likely N-dealkylation sites (tertiary alicyclic amines) is 1. The Morgan fingerprint density at radius 2 is 2.16 bits per heavy atom. The summed E-state index contributed by atoms with van der Waals surface area (Å²) in [6.45, 7) is 4.44. The van der Waals surface area contributed by atoms with Gasteiger partial charge in [-0.3, -0.25) is 4.40 Å². The molecule has 0 unspecified atom stereocenters. The van der Waals surface area contributed by atoms with Crippen LogP contribution >= 0.6 is 0 Å². The molecule has 2 N–H and O–H groups in total. The summed E-state index contributed by atoms with van der Waals surface area (Å²) >= 11 is 0. The van der Waals surface area contributed by atoms with Crippen LogP contribution in [0, 0.1) is 0 Å². The molecule has 102 valence electrons. The van der Waals surface area contributed by atoms with Crippen LogP contribution in [0.25, 0.3) is 5.65 Å². The molecule has 2 aromatic heterocycles. The average molecular weight is 261 g/mol. The number of likely N-dealkylation sites (N-methyl/N-ethyl adjacent to an activating group) is 1. The van der Waals surface area contributed by atoms with Gasteiger partial charge in [0.25, 0.3) is 0 Å². The van der Waals surface area contributed by atoms with Crippen molar-refractivity contribution in [3.05, 3.63) is 12.4 Å². The van der Waals surface area contributed by atoms with Gasteiger partial charge in [0.1, 0.15) is 12.1 Å². The smallest absolute Gasteiger partial charge is 0.209 e. The Bertz CT molecular complexity index is 558. The summed E-state index contributed by atoms with van der Waals surface area (Å²) in [5.41, 5.74) is 6.62. The zero-order valence-corrected chi connectivity index (χ0v) is 11.2. The topological polar surface area (TPSA) is 75.6 Å². The third-order valence-electron chi connectivity index (χ3n) is 3.65. The van der Waals surface area contributed by atoms with Crippen molar-refractivity contribution in [3.63, 3.8) is 0 Å². The number of aromatic nitrogens is 4. The van der Waals surface area contributed by atoms with Gasteiger partial charge in [0.2, 0.25) is 5.95 Å². The van der Waals surface area contributed by atoms with Gasteiger partial charge in [0.15, 0.2) is 5.65 Å². The molecule has 0 aromatic carbocycles. The van der Waals surface area contributed by atoms with Gasteiger partial charge >= 0.3 is 0 Å². The third-order valence-corrected chi connectivity index (χ3v) is 3.65. The second kappa shape index (κ2) is 5.00. The van der Waals surface area contributed by atoms with Gasteiger partial charge in [-0.05, 0) is 25.9 Å². The van der Waals surface area contributed by atoms with Crippen LogP contribution in [-0.4, -0.2) is 57.7 Å². The van der Waals surface area contributed by atoms with Crippen LogP contribution in [-0.2, 0) is 0 Å². The van der Waals surface area contributed by atoms with Gasteiger partial charge in [-0.1, -0.05) is 0 Å². The van der Waals surface area contributed by atoms with Crippen LogP contribution in [0.4, 0.5) is 11.8 Å². The van der Waals surface area contributed by atoms with E-state index in [2.05, 4.69) is 25.0 Å². The summed E-state index contributed by atoms with van der Waals surface area (Å²) in [7, 11) is 2.03. The monoisotopic (exact) mass is 261 g/mol. The number of hydrogen-bond acceptors (Lipinski definition) is 6. The van der Waals surface area contributed by atoms with Crippen molar-refractivity contribution in [2.24, 2.45) is 0 Å². The number of rotatable bonds is 4. The highest BCUT2D eigenvalue weighted by atomic mass is 15.3. The molecule has 3 heterocycles. The van der Waals surface area contributed by atoms with Crippen molar-refractivity contribution < 1.29 is 0 Å². The first-order valence-corrected chi connectivity index (χ1v) is 6.64. The summed E-state index contributed by atoms with van der Waals surface area (Å²) < 4.78 is 1.68. The summed E-state index contributed by atoms with van der Waals surface area (Å²) in [5, 5.41) is 7.85. The molecule has 0 bridgehead atoms. The van der Waals surface area contributed by atoms with E-state index >= 15 is 0 Å². The van der Waals surface area contributed by atoms with E-state index in [4.69, 9.17) is 5.73 Å². The molecule has 1 saturated heterocycles. The van der Waals surface area contributed by atoms with Crippen molar-refractivity contribution in [2.45, 2.75) is 12.8 Å². The highest BCUT2D eigenvalue weighted by molar-refractivity contribution is 5.54. The quantitative estimate of drug-likeness (QED) is 0.849. The molecule has 2 aromatic rings. The summed E-state index contributed by atoms with van der Waals surface area (Å²) in [6.07, 6.45) is 4.22. The van der Waals surface area contributed by atoms with Crippen LogP contribution in [0.1, 0.15) is 12.8 Å². The minimum atomic E-state index is 0.422. The zero-order chi connectivity index (χ0) is 13.2. The molecule has 0 saturated carbocycles. The number of nitrogen functional groups attached to an aromatic ring is 1. The predicted molar refractivity (Wildman–Crippen MR) is 74.1 cm³/mol. The zero-order valence-electron chi connectivity index (χ0n) is 11.2. The third kappa shape index (κ3) is 2.46. The predicted octanol–water partition coefficient (Wildman–Crippen LogP) is 0.238.